The first-order valence-corrected chi connectivity index (χ1v) is 4.80. The SMILES string of the molecule is C[C@@H](O)[C@@H](N)c1ccc(Br)c(N)c1. The smallest absolute Gasteiger partial charge is 0.0704 e. The fraction of sp³-hybridized carbons (Fsp3) is 0.333. The van der Waals surface area contributed by atoms with Gasteiger partial charge in [-0.15, -0.1) is 0 Å². The van der Waals surface area contributed by atoms with Crippen LogP contribution in [0.25, 0.3) is 0 Å². The molecular weight excluding hydrogens is 232 g/mol. The molecule has 2 atom stereocenters. The predicted molar refractivity (Wildman–Crippen MR) is 57.2 cm³/mol. The summed E-state index contributed by atoms with van der Waals surface area (Å²) in [4.78, 5) is 0. The topological polar surface area (TPSA) is 72.3 Å². The van der Waals surface area contributed by atoms with Crippen LogP contribution in [-0.4, -0.2) is 11.2 Å². The van der Waals surface area contributed by atoms with Crippen molar-refractivity contribution in [2.75, 3.05) is 5.73 Å². The fourth-order valence-electron chi connectivity index (χ4n) is 1.05. The van der Waals surface area contributed by atoms with E-state index in [-0.39, 0.29) is 6.04 Å². The Bertz CT molecular complexity index is 302. The molecule has 0 unspecified atom stereocenters. The van der Waals surface area contributed by atoms with Crippen LogP contribution in [0, 0.1) is 0 Å². The molecule has 5 N–H and O–H groups in total. The minimum atomic E-state index is -0.569. The molecule has 0 radical (unpaired) electrons. The number of rotatable bonds is 2. The molecule has 1 rings (SSSR count). The molecule has 0 saturated carbocycles. The minimum Gasteiger partial charge on any atom is -0.398 e. The van der Waals surface area contributed by atoms with Crippen molar-refractivity contribution >= 4 is 21.6 Å². The largest absolute Gasteiger partial charge is 0.398 e. The zero-order valence-corrected chi connectivity index (χ0v) is 8.95. The van der Waals surface area contributed by atoms with Gasteiger partial charge in [0.15, 0.2) is 0 Å². The summed E-state index contributed by atoms with van der Waals surface area (Å²) in [5.74, 6) is 0. The highest BCUT2D eigenvalue weighted by atomic mass is 79.9. The van der Waals surface area contributed by atoms with Gasteiger partial charge in [-0.1, -0.05) is 6.07 Å². The number of aliphatic hydroxyl groups excluding tert-OH is 1. The molecule has 72 valence electrons. The van der Waals surface area contributed by atoms with Crippen LogP contribution in [0.4, 0.5) is 5.69 Å². The van der Waals surface area contributed by atoms with Crippen LogP contribution in [0.1, 0.15) is 18.5 Å². The molecule has 0 aromatic heterocycles. The maximum Gasteiger partial charge on any atom is 0.0704 e. The Kier molecular flexibility index (Phi) is 3.30. The third kappa shape index (κ3) is 2.43. The summed E-state index contributed by atoms with van der Waals surface area (Å²) in [5.41, 5.74) is 12.9. The molecule has 13 heavy (non-hydrogen) atoms. The zero-order chi connectivity index (χ0) is 10.0. The van der Waals surface area contributed by atoms with E-state index in [1.165, 1.54) is 0 Å². The molecular formula is C9H13BrN2O. The number of aliphatic hydroxyl groups is 1. The number of anilines is 1. The van der Waals surface area contributed by atoms with Crippen molar-refractivity contribution in [1.82, 2.24) is 0 Å². The highest BCUT2D eigenvalue weighted by Gasteiger charge is 2.12. The van der Waals surface area contributed by atoms with Crippen molar-refractivity contribution in [1.29, 1.82) is 0 Å². The number of nitrogens with two attached hydrogens (primary N) is 2. The number of benzene rings is 1. The lowest BCUT2D eigenvalue weighted by Crippen LogP contribution is -2.23. The second kappa shape index (κ2) is 4.09. The first kappa shape index (κ1) is 10.5. The fourth-order valence-corrected chi connectivity index (χ4v) is 1.29. The Hall–Kier alpha value is -0.580. The van der Waals surface area contributed by atoms with E-state index < -0.39 is 6.10 Å². The van der Waals surface area contributed by atoms with Gasteiger partial charge in [-0.3, -0.25) is 0 Å². The highest BCUT2D eigenvalue weighted by molar-refractivity contribution is 9.10. The van der Waals surface area contributed by atoms with Crippen LogP contribution in [0.15, 0.2) is 22.7 Å². The van der Waals surface area contributed by atoms with Crippen molar-refractivity contribution in [3.63, 3.8) is 0 Å². The van der Waals surface area contributed by atoms with E-state index in [4.69, 9.17) is 11.5 Å². The normalized spacial score (nSPS) is 15.4. The Balaban J connectivity index is 2.97. The van der Waals surface area contributed by atoms with Gasteiger partial charge in [-0.25, -0.2) is 0 Å². The van der Waals surface area contributed by atoms with Crippen molar-refractivity contribution in [3.05, 3.63) is 28.2 Å². The number of halogens is 1. The minimum absolute atomic E-state index is 0.379. The Labute approximate surface area is 85.9 Å². The van der Waals surface area contributed by atoms with Crippen molar-refractivity contribution < 1.29 is 5.11 Å². The molecule has 0 heterocycles. The standard InChI is InChI=1S/C9H13BrN2O/c1-5(13)9(12)6-2-3-7(10)8(11)4-6/h2-5,9,13H,11-12H2,1H3/t5-,9-/m1/s1. The lowest BCUT2D eigenvalue weighted by molar-refractivity contribution is 0.164. The monoisotopic (exact) mass is 244 g/mol. The van der Waals surface area contributed by atoms with Gasteiger partial charge in [0.1, 0.15) is 0 Å². The molecule has 0 spiro atoms. The maximum absolute atomic E-state index is 9.26. The second-order valence-electron chi connectivity index (χ2n) is 3.05. The average Bonchev–Trinajstić information content (AvgIpc) is 2.08. The van der Waals surface area contributed by atoms with E-state index in [1.807, 2.05) is 12.1 Å². The van der Waals surface area contributed by atoms with Gasteiger partial charge in [0.05, 0.1) is 12.1 Å². The van der Waals surface area contributed by atoms with Crippen LogP contribution in [0.3, 0.4) is 0 Å². The van der Waals surface area contributed by atoms with Crippen molar-refractivity contribution in [2.45, 2.75) is 19.1 Å². The van der Waals surface area contributed by atoms with Gasteiger partial charge >= 0.3 is 0 Å². The molecule has 0 aliphatic heterocycles. The van der Waals surface area contributed by atoms with E-state index in [9.17, 15) is 5.11 Å². The zero-order valence-electron chi connectivity index (χ0n) is 7.37. The number of hydrogen-bond donors (Lipinski definition) is 3. The van der Waals surface area contributed by atoms with Crippen LogP contribution in [0.2, 0.25) is 0 Å². The third-order valence-electron chi connectivity index (χ3n) is 1.92. The first-order valence-electron chi connectivity index (χ1n) is 4.01. The van der Waals surface area contributed by atoms with E-state index in [2.05, 4.69) is 15.9 Å². The molecule has 0 amide bonds. The highest BCUT2D eigenvalue weighted by Crippen LogP contribution is 2.24. The summed E-state index contributed by atoms with van der Waals surface area (Å²) >= 11 is 3.29. The summed E-state index contributed by atoms with van der Waals surface area (Å²) < 4.78 is 0.842. The lowest BCUT2D eigenvalue weighted by atomic mass is 10.0. The first-order chi connectivity index (χ1) is 6.02. The summed E-state index contributed by atoms with van der Waals surface area (Å²) in [6, 6.07) is 5.06. The van der Waals surface area contributed by atoms with Gasteiger partial charge in [-0.05, 0) is 40.5 Å². The van der Waals surface area contributed by atoms with Gasteiger partial charge < -0.3 is 16.6 Å². The average molecular weight is 245 g/mol. The van der Waals surface area contributed by atoms with E-state index in [0.29, 0.717) is 5.69 Å². The molecule has 3 nitrogen and oxygen atoms in total. The van der Waals surface area contributed by atoms with Crippen LogP contribution in [0.5, 0.6) is 0 Å². The summed E-state index contributed by atoms with van der Waals surface area (Å²) in [7, 11) is 0. The Morgan fingerprint density at radius 1 is 1.46 bits per heavy atom. The van der Waals surface area contributed by atoms with E-state index in [0.717, 1.165) is 10.0 Å². The molecule has 1 aromatic carbocycles. The van der Waals surface area contributed by atoms with Gasteiger partial charge in [0.2, 0.25) is 0 Å². The molecule has 1 aromatic rings. The molecule has 0 aliphatic rings. The Morgan fingerprint density at radius 3 is 2.54 bits per heavy atom. The molecule has 0 fully saturated rings. The van der Waals surface area contributed by atoms with Crippen LogP contribution < -0.4 is 11.5 Å². The molecule has 4 heteroatoms. The number of hydrogen-bond acceptors (Lipinski definition) is 3. The maximum atomic E-state index is 9.26. The van der Waals surface area contributed by atoms with E-state index >= 15 is 0 Å². The van der Waals surface area contributed by atoms with Crippen LogP contribution in [-0.2, 0) is 0 Å². The van der Waals surface area contributed by atoms with Gasteiger partial charge in [0, 0.05) is 10.2 Å². The number of nitrogen functional groups attached to an aromatic ring is 1. The summed E-state index contributed by atoms with van der Waals surface area (Å²) in [6.07, 6.45) is -0.569. The second-order valence-corrected chi connectivity index (χ2v) is 3.90. The van der Waals surface area contributed by atoms with E-state index in [1.54, 1.807) is 13.0 Å². The van der Waals surface area contributed by atoms with Crippen molar-refractivity contribution in [2.24, 2.45) is 5.73 Å². The molecule has 0 aliphatic carbocycles. The Morgan fingerprint density at radius 2 is 2.08 bits per heavy atom. The quantitative estimate of drug-likeness (QED) is 0.690. The molecule has 0 saturated heterocycles. The molecule has 0 bridgehead atoms. The van der Waals surface area contributed by atoms with Crippen molar-refractivity contribution in [3.8, 4) is 0 Å². The summed E-state index contributed by atoms with van der Waals surface area (Å²) in [6.45, 7) is 1.66. The summed E-state index contributed by atoms with van der Waals surface area (Å²) in [5, 5.41) is 9.26. The predicted octanol–water partition coefficient (Wildman–Crippen LogP) is 1.41. The van der Waals surface area contributed by atoms with Gasteiger partial charge in [0.25, 0.3) is 0 Å². The van der Waals surface area contributed by atoms with Gasteiger partial charge in [-0.2, -0.15) is 0 Å². The third-order valence-corrected chi connectivity index (χ3v) is 2.65. The van der Waals surface area contributed by atoms with Crippen LogP contribution >= 0.6 is 15.9 Å². The lowest BCUT2D eigenvalue weighted by Gasteiger charge is -2.15.